The molecule has 0 bridgehead atoms. The van der Waals surface area contributed by atoms with Gasteiger partial charge in [-0.25, -0.2) is 82.9 Å². The highest BCUT2D eigenvalue weighted by atomic mass is 19.4. The molecule has 0 unspecified atom stereocenters. The fourth-order valence-corrected chi connectivity index (χ4v) is 15.4. The molecule has 33 heteroatoms. The van der Waals surface area contributed by atoms with Crippen LogP contribution in [0.25, 0.3) is 50.8 Å². The zero-order chi connectivity index (χ0) is 84.4. The number of benzene rings is 6. The molecule has 6 aromatic heterocycles. The summed E-state index contributed by atoms with van der Waals surface area (Å²) < 4.78 is 181. The number of nitrogens with two attached hydrogens (primary N) is 3. The van der Waals surface area contributed by atoms with E-state index in [9.17, 15) is 31.9 Å². The largest absolute Gasteiger partial charge is 0.417 e. The van der Waals surface area contributed by atoms with Gasteiger partial charge in [-0.3, -0.25) is 0 Å². The molecule has 6 aromatic carbocycles. The predicted octanol–water partition coefficient (Wildman–Crippen LogP) is 18.1. The minimum atomic E-state index is -4.77. The maximum Gasteiger partial charge on any atom is 0.417 e. The van der Waals surface area contributed by atoms with E-state index >= 15 is 35.1 Å². The predicted molar refractivity (Wildman–Crippen MR) is 423 cm³/mol. The van der Waals surface area contributed by atoms with Crippen LogP contribution in [0.5, 0.6) is 0 Å². The van der Waals surface area contributed by atoms with Gasteiger partial charge in [0.1, 0.15) is 34.9 Å². The molecular formula is C85H78F12N18O3. The molecule has 0 radical (unpaired) electrons. The molecule has 9 heterocycles. The zero-order valence-corrected chi connectivity index (χ0v) is 64.9. The van der Waals surface area contributed by atoms with Gasteiger partial charge in [0.2, 0.25) is 0 Å². The Morgan fingerprint density at radius 2 is 0.729 bits per heavy atom. The van der Waals surface area contributed by atoms with Gasteiger partial charge >= 0.3 is 24.3 Å². The topological polar surface area (TPSA) is 267 Å². The molecule has 6 amide bonds. The number of hydrogen-bond acceptors (Lipinski definition) is 12. The molecule has 0 atom stereocenters. The second kappa shape index (κ2) is 32.5. The number of nitrogens with zero attached hydrogens (tertiary/aromatic N) is 12. The number of urea groups is 3. The lowest BCUT2D eigenvalue weighted by atomic mass is 9.99. The molecular weight excluding hydrogens is 1550 g/mol. The number of para-hydroxylation sites is 3. The molecule has 118 heavy (non-hydrogen) atoms. The Hall–Kier alpha value is -13.2. The number of hydrogen-bond donors (Lipinski definition) is 6. The number of primary amides is 3. The molecule has 12 aromatic rings. The summed E-state index contributed by atoms with van der Waals surface area (Å²) in [5.74, 6) is -6.45. The summed E-state index contributed by atoms with van der Waals surface area (Å²) in [5.41, 5.74) is 26.2. The lowest BCUT2D eigenvalue weighted by Crippen LogP contribution is -2.32. The van der Waals surface area contributed by atoms with Gasteiger partial charge in [0.05, 0.1) is 73.9 Å². The molecule has 21 nitrogen and oxygen atoms in total. The van der Waals surface area contributed by atoms with Crippen molar-refractivity contribution in [2.75, 3.05) is 50.3 Å². The Balaban J connectivity index is 0.000000145. The number of anilines is 6. The fraction of sp³-hybridized carbons (Fsp3) is 0.259. The highest BCUT2D eigenvalue weighted by molar-refractivity contribution is 5.90. The molecule has 9 N–H and O–H groups in total. The Kier molecular flexibility index (Phi) is 22.4. The first-order valence-electron chi connectivity index (χ1n) is 37.6. The maximum absolute atomic E-state index is 15.6. The number of carbonyl (C=O) groups excluding carboxylic acids is 3. The van der Waals surface area contributed by atoms with E-state index in [0.29, 0.717) is 89.3 Å². The van der Waals surface area contributed by atoms with Crippen LogP contribution in [0.2, 0.25) is 0 Å². The zero-order valence-electron chi connectivity index (χ0n) is 64.9. The first-order valence-corrected chi connectivity index (χ1v) is 37.6. The number of nitrogens with one attached hydrogen (secondary N) is 3. The van der Waals surface area contributed by atoms with Crippen LogP contribution in [0.3, 0.4) is 0 Å². The van der Waals surface area contributed by atoms with Crippen molar-refractivity contribution in [3.8, 4) is 50.8 Å². The standard InChI is InChI=1S/C29H27F3N6O.C29H29F3N6O.C27H22F6N6O/c1-15-4-3-5-16(2)26(15)38-27(19-11-22(31)25(12-21(19)30)35-29(33)39)20-14-37(9-8-24(20)36-38)28-23(32)10-18(13-34-28)17-6-7-17;1-15(2)18-10-23(32)28(34-13-18)37-9-8-24-20(14-37)27(38(36-24)26-16(3)6-5-7-17(26)4)19-11-22(31)25(12-21(19)30)35-29(33)39;1-13-4-3-5-14(2)23(13)39-24(16-9-19(29)22(10-18(16)28)36-26(34)40)17-12-38(7-6-21(17)37-39)25-20(30)8-15(11-35-25)27(31,32)33/h3-5,10-13,17H,6-9,14H2,1-2H3,(H3,33,35,39);5-7,10-13,15H,8-9,14H2,1-4H3,(H3,33,35,39);3-5,8-11H,6-7,12H2,1-2H3,(H3,34,36,40). The first kappa shape index (κ1) is 81.3. The third-order valence-corrected chi connectivity index (χ3v) is 21.2. The van der Waals surface area contributed by atoms with Crippen LogP contribution in [0.1, 0.15) is 122 Å². The van der Waals surface area contributed by atoms with E-state index in [1.807, 2.05) is 120 Å². The van der Waals surface area contributed by atoms with Gasteiger partial charge < -0.3 is 47.9 Å². The van der Waals surface area contributed by atoms with E-state index in [2.05, 4.69) is 25.6 Å². The summed E-state index contributed by atoms with van der Waals surface area (Å²) in [7, 11) is 0. The van der Waals surface area contributed by atoms with Crippen molar-refractivity contribution in [3.63, 3.8) is 0 Å². The van der Waals surface area contributed by atoms with Crippen molar-refractivity contribution >= 4 is 52.6 Å². The highest BCUT2D eigenvalue weighted by Crippen LogP contribution is 2.45. The number of halogens is 12. The van der Waals surface area contributed by atoms with E-state index in [0.717, 1.165) is 111 Å². The molecule has 3 aliphatic heterocycles. The average Bonchev–Trinajstić information content (AvgIpc) is 1.60. The minimum absolute atomic E-state index is 0.0294. The molecule has 0 saturated heterocycles. The van der Waals surface area contributed by atoms with Crippen molar-refractivity contribution in [2.24, 2.45) is 17.2 Å². The average molecular weight is 1630 g/mol. The smallest absolute Gasteiger partial charge is 0.351 e. The Morgan fingerprint density at radius 1 is 0.415 bits per heavy atom. The van der Waals surface area contributed by atoms with E-state index < -0.39 is 87.9 Å². The molecule has 4 aliphatic rings. The number of rotatable bonds is 14. The first-order chi connectivity index (χ1) is 56.1. The fourth-order valence-electron chi connectivity index (χ4n) is 15.4. The van der Waals surface area contributed by atoms with Crippen LogP contribution in [0.15, 0.2) is 128 Å². The molecule has 1 saturated carbocycles. The normalized spacial score (nSPS) is 13.8. The quantitative estimate of drug-likeness (QED) is 0.0555. The molecule has 1 fully saturated rings. The number of pyridine rings is 3. The Morgan fingerprint density at radius 3 is 1.02 bits per heavy atom. The van der Waals surface area contributed by atoms with Crippen LogP contribution < -0.4 is 47.9 Å². The van der Waals surface area contributed by atoms with E-state index in [-0.39, 0.29) is 89.7 Å². The highest BCUT2D eigenvalue weighted by Gasteiger charge is 2.38. The number of fused-ring (bicyclic) bond motifs is 3. The number of aromatic nitrogens is 9. The number of alkyl halides is 3. The number of aryl methyl sites for hydroxylation is 6. The molecule has 0 spiro atoms. The van der Waals surface area contributed by atoms with Crippen LogP contribution in [0.4, 0.5) is 102 Å². The lowest BCUT2D eigenvalue weighted by molar-refractivity contribution is -0.138. The van der Waals surface area contributed by atoms with Gasteiger partial charge in [-0.05, 0) is 147 Å². The summed E-state index contributed by atoms with van der Waals surface area (Å²) in [6.07, 6.45) is 2.43. The van der Waals surface area contributed by atoms with Crippen LogP contribution in [-0.2, 0) is 45.1 Å². The maximum atomic E-state index is 15.6. The van der Waals surface area contributed by atoms with Gasteiger partial charge in [-0.1, -0.05) is 68.4 Å². The van der Waals surface area contributed by atoms with Crippen molar-refractivity contribution in [1.29, 1.82) is 0 Å². The second-order valence-electron chi connectivity index (χ2n) is 29.8. The third kappa shape index (κ3) is 16.3. The van der Waals surface area contributed by atoms with Gasteiger partial charge in [-0.2, -0.15) is 28.5 Å². The summed E-state index contributed by atoms with van der Waals surface area (Å²) in [4.78, 5) is 51.4. The monoisotopic (exact) mass is 1630 g/mol. The van der Waals surface area contributed by atoms with Gasteiger partial charge in [0.15, 0.2) is 34.9 Å². The summed E-state index contributed by atoms with van der Waals surface area (Å²) in [6, 6.07) is 22.9. The second-order valence-corrected chi connectivity index (χ2v) is 29.8. The Bertz CT molecular complexity index is 5720. The number of amides is 6. The third-order valence-electron chi connectivity index (χ3n) is 21.2. The summed E-state index contributed by atoms with van der Waals surface area (Å²) in [5, 5.41) is 20.6. The van der Waals surface area contributed by atoms with E-state index in [1.54, 1.807) is 32.7 Å². The van der Waals surface area contributed by atoms with Crippen molar-refractivity contribution in [3.05, 3.63) is 264 Å². The molecule has 16 rings (SSSR count). The van der Waals surface area contributed by atoms with E-state index in [1.165, 1.54) is 15.6 Å². The lowest BCUT2D eigenvalue weighted by Gasteiger charge is -2.28. The van der Waals surface area contributed by atoms with Gasteiger partial charge in [-0.15, -0.1) is 0 Å². The Labute approximate surface area is 668 Å². The van der Waals surface area contributed by atoms with Crippen LogP contribution in [-0.4, -0.2) is 82.0 Å². The number of carbonyl (C=O) groups is 3. The van der Waals surface area contributed by atoms with Crippen molar-refractivity contribution < 1.29 is 67.1 Å². The molecule has 610 valence electrons. The van der Waals surface area contributed by atoms with Gasteiger partial charge in [0.25, 0.3) is 0 Å². The molecule has 1 aliphatic carbocycles. The van der Waals surface area contributed by atoms with Crippen molar-refractivity contribution in [2.45, 2.75) is 125 Å². The SMILES string of the molecule is Cc1cccc(C)c1-n1nc2c(c1-c1cc(F)c(NC(N)=O)cc1F)CN(c1ncc(C(C)C)cc1F)CC2.Cc1cccc(C)c1-n1nc2c(c1-c1cc(F)c(NC(N)=O)cc1F)CN(c1ncc(C(F)(F)F)cc1F)CC2.Cc1cccc(C)c1-n1nc2c(c1-c1cc(F)c(NC(N)=O)cc1F)CN(c1ncc(C3CC3)cc1F)CC2. The van der Waals surface area contributed by atoms with Gasteiger partial charge in [0, 0.05) is 129 Å². The summed E-state index contributed by atoms with van der Waals surface area (Å²) in [6.45, 7) is 16.7. The van der Waals surface area contributed by atoms with Crippen molar-refractivity contribution in [1.82, 2.24) is 44.3 Å². The van der Waals surface area contributed by atoms with E-state index in [4.69, 9.17) is 32.5 Å². The van der Waals surface area contributed by atoms with Crippen LogP contribution in [0, 0.1) is 93.9 Å². The van der Waals surface area contributed by atoms with Crippen LogP contribution >= 0.6 is 0 Å². The summed E-state index contributed by atoms with van der Waals surface area (Å²) >= 11 is 0. The minimum Gasteiger partial charge on any atom is -0.351 e.